The van der Waals surface area contributed by atoms with Crippen molar-refractivity contribution >= 4 is 11.2 Å². The van der Waals surface area contributed by atoms with Gasteiger partial charge in [-0.2, -0.15) is 5.26 Å². The quantitative estimate of drug-likeness (QED) is 0.803. The number of aromatic nitrogens is 3. The number of phenolic OH excluding ortho intramolecular Hbond substituents is 1. The van der Waals surface area contributed by atoms with E-state index in [0.717, 1.165) is 12.1 Å². The molecule has 1 aromatic carbocycles. The van der Waals surface area contributed by atoms with Gasteiger partial charge in [0.05, 0.1) is 22.8 Å². The molecule has 120 valence electrons. The monoisotopic (exact) mass is 320 g/mol. The van der Waals surface area contributed by atoms with Crippen LogP contribution in [0.3, 0.4) is 0 Å². The fourth-order valence-corrected chi connectivity index (χ4v) is 3.00. The zero-order chi connectivity index (χ0) is 16.8. The molecule has 0 radical (unpaired) electrons. The average molecular weight is 320 g/mol. The van der Waals surface area contributed by atoms with E-state index in [0.29, 0.717) is 28.4 Å². The van der Waals surface area contributed by atoms with Crippen LogP contribution in [0.25, 0.3) is 22.4 Å². The highest BCUT2D eigenvalue weighted by Crippen LogP contribution is 2.32. The van der Waals surface area contributed by atoms with Crippen LogP contribution in [0.4, 0.5) is 0 Å². The Morgan fingerprint density at radius 3 is 2.83 bits per heavy atom. The Morgan fingerprint density at radius 1 is 1.33 bits per heavy atom. The molecule has 2 heterocycles. The molecule has 0 unspecified atom stereocenters. The summed E-state index contributed by atoms with van der Waals surface area (Å²) in [5, 5.41) is 19.0. The summed E-state index contributed by atoms with van der Waals surface area (Å²) in [6, 6.07) is 10.3. The normalized spacial score (nSPS) is 14.0. The topological polar surface area (TPSA) is 83.8 Å². The third-order valence-corrected chi connectivity index (χ3v) is 4.52. The van der Waals surface area contributed by atoms with Crippen LogP contribution in [-0.4, -0.2) is 19.2 Å². The first-order valence-electron chi connectivity index (χ1n) is 7.88. The smallest absolute Gasteiger partial charge is 0.330 e. The van der Waals surface area contributed by atoms with Gasteiger partial charge in [-0.15, -0.1) is 0 Å². The highest BCUT2D eigenvalue weighted by Gasteiger charge is 2.24. The summed E-state index contributed by atoms with van der Waals surface area (Å²) in [5.41, 5.74) is 2.87. The maximum atomic E-state index is 12.5. The molecule has 4 rings (SSSR count). The second-order valence-electron chi connectivity index (χ2n) is 6.28. The molecule has 0 amide bonds. The summed E-state index contributed by atoms with van der Waals surface area (Å²) in [6.07, 6.45) is 2.34. The standard InChI is InChI=1S/C18H16N4O2/c1-21-17-16(22(18(21)24)10-11-2-3-11)7-6-15(20-17)14-8-13(23)5-4-12(14)9-19/h4-8,11,23H,2-3,10H2,1H3. The molecule has 1 N–H and O–H groups in total. The molecule has 0 aliphatic heterocycles. The van der Waals surface area contributed by atoms with E-state index in [-0.39, 0.29) is 11.4 Å². The van der Waals surface area contributed by atoms with Crippen LogP contribution in [0.1, 0.15) is 18.4 Å². The van der Waals surface area contributed by atoms with Gasteiger partial charge in [0, 0.05) is 19.2 Å². The van der Waals surface area contributed by atoms with E-state index in [1.165, 1.54) is 29.5 Å². The number of benzene rings is 1. The predicted octanol–water partition coefficient (Wildman–Crippen LogP) is 2.39. The van der Waals surface area contributed by atoms with Crippen molar-refractivity contribution in [2.75, 3.05) is 0 Å². The lowest BCUT2D eigenvalue weighted by atomic mass is 10.0. The third kappa shape index (κ3) is 2.26. The number of imidazole rings is 1. The van der Waals surface area contributed by atoms with Gasteiger partial charge in [-0.3, -0.25) is 9.13 Å². The Balaban J connectivity index is 1.91. The second-order valence-corrected chi connectivity index (χ2v) is 6.28. The summed E-state index contributed by atoms with van der Waals surface area (Å²) in [7, 11) is 1.71. The zero-order valence-corrected chi connectivity index (χ0v) is 13.2. The lowest BCUT2D eigenvalue weighted by molar-refractivity contribution is 0.475. The van der Waals surface area contributed by atoms with Crippen LogP contribution in [-0.2, 0) is 13.6 Å². The fourth-order valence-electron chi connectivity index (χ4n) is 3.00. The number of fused-ring (bicyclic) bond motifs is 1. The van der Waals surface area contributed by atoms with Crippen LogP contribution >= 0.6 is 0 Å². The molecule has 3 aromatic rings. The molecular formula is C18H16N4O2. The van der Waals surface area contributed by atoms with Crippen molar-refractivity contribution in [2.24, 2.45) is 13.0 Å². The first-order chi connectivity index (χ1) is 11.6. The minimum atomic E-state index is -0.0713. The van der Waals surface area contributed by atoms with Crippen LogP contribution in [0.5, 0.6) is 5.75 Å². The Bertz CT molecular complexity index is 1050. The van der Waals surface area contributed by atoms with Gasteiger partial charge >= 0.3 is 5.69 Å². The molecule has 1 saturated carbocycles. The summed E-state index contributed by atoms with van der Waals surface area (Å²) >= 11 is 0. The second kappa shape index (κ2) is 5.24. The van der Waals surface area contributed by atoms with Crippen molar-refractivity contribution in [3.05, 3.63) is 46.4 Å². The van der Waals surface area contributed by atoms with Crippen molar-refractivity contribution in [1.82, 2.24) is 14.1 Å². The number of nitrogens with zero attached hydrogens (tertiary/aromatic N) is 4. The van der Waals surface area contributed by atoms with Crippen LogP contribution in [0.15, 0.2) is 35.1 Å². The van der Waals surface area contributed by atoms with Gasteiger partial charge in [0.25, 0.3) is 0 Å². The van der Waals surface area contributed by atoms with Crippen LogP contribution < -0.4 is 5.69 Å². The highest BCUT2D eigenvalue weighted by atomic mass is 16.3. The largest absolute Gasteiger partial charge is 0.508 e. The first-order valence-corrected chi connectivity index (χ1v) is 7.88. The maximum Gasteiger partial charge on any atom is 0.330 e. The summed E-state index contributed by atoms with van der Waals surface area (Å²) in [4.78, 5) is 17.1. The van der Waals surface area contributed by atoms with Crippen molar-refractivity contribution in [2.45, 2.75) is 19.4 Å². The molecule has 6 nitrogen and oxygen atoms in total. The van der Waals surface area contributed by atoms with E-state index in [1.807, 2.05) is 6.07 Å². The van der Waals surface area contributed by atoms with Crippen molar-refractivity contribution in [3.63, 3.8) is 0 Å². The van der Waals surface area contributed by atoms with Gasteiger partial charge in [0.2, 0.25) is 0 Å². The maximum absolute atomic E-state index is 12.5. The number of rotatable bonds is 3. The molecule has 0 saturated heterocycles. The van der Waals surface area contributed by atoms with E-state index in [4.69, 9.17) is 0 Å². The number of hydrogen-bond acceptors (Lipinski definition) is 4. The van der Waals surface area contributed by atoms with E-state index < -0.39 is 0 Å². The van der Waals surface area contributed by atoms with Gasteiger partial charge in [0.15, 0.2) is 5.65 Å². The molecule has 0 bridgehead atoms. The van der Waals surface area contributed by atoms with E-state index >= 15 is 0 Å². The molecule has 1 fully saturated rings. The van der Waals surface area contributed by atoms with Gasteiger partial charge in [-0.1, -0.05) is 0 Å². The Kier molecular flexibility index (Phi) is 3.17. The molecule has 0 spiro atoms. The summed E-state index contributed by atoms with van der Waals surface area (Å²) < 4.78 is 3.31. The van der Waals surface area contributed by atoms with Gasteiger partial charge in [-0.05, 0) is 49.1 Å². The number of aryl methyl sites for hydroxylation is 1. The van der Waals surface area contributed by atoms with Gasteiger partial charge in [-0.25, -0.2) is 9.78 Å². The Morgan fingerprint density at radius 2 is 2.12 bits per heavy atom. The molecule has 1 aliphatic rings. The Labute approximate surface area is 138 Å². The highest BCUT2D eigenvalue weighted by molar-refractivity contribution is 5.78. The number of hydrogen-bond donors (Lipinski definition) is 1. The van der Waals surface area contributed by atoms with Crippen LogP contribution in [0, 0.1) is 17.2 Å². The van der Waals surface area contributed by atoms with Crippen molar-refractivity contribution in [3.8, 4) is 23.1 Å². The zero-order valence-electron chi connectivity index (χ0n) is 13.2. The Hall–Kier alpha value is -3.07. The van der Waals surface area contributed by atoms with E-state index in [1.54, 1.807) is 23.7 Å². The lowest BCUT2D eigenvalue weighted by Crippen LogP contribution is -2.22. The van der Waals surface area contributed by atoms with E-state index in [9.17, 15) is 15.2 Å². The van der Waals surface area contributed by atoms with Crippen molar-refractivity contribution in [1.29, 1.82) is 5.26 Å². The summed E-state index contributed by atoms with van der Waals surface area (Å²) in [6.45, 7) is 0.729. The molecule has 6 heteroatoms. The fraction of sp³-hybridized carbons (Fsp3) is 0.278. The lowest BCUT2D eigenvalue weighted by Gasteiger charge is -2.06. The molecule has 24 heavy (non-hydrogen) atoms. The average Bonchev–Trinajstić information content (AvgIpc) is 3.38. The molecular weight excluding hydrogens is 304 g/mol. The van der Waals surface area contributed by atoms with E-state index in [2.05, 4.69) is 11.1 Å². The third-order valence-electron chi connectivity index (χ3n) is 4.52. The van der Waals surface area contributed by atoms with Crippen LogP contribution in [0.2, 0.25) is 0 Å². The molecule has 1 aliphatic carbocycles. The minimum Gasteiger partial charge on any atom is -0.508 e. The molecule has 0 atom stereocenters. The van der Waals surface area contributed by atoms with Gasteiger partial charge in [0.1, 0.15) is 5.75 Å². The number of pyridine rings is 1. The van der Waals surface area contributed by atoms with Crippen molar-refractivity contribution < 1.29 is 5.11 Å². The first kappa shape index (κ1) is 14.5. The summed E-state index contributed by atoms with van der Waals surface area (Å²) in [5.74, 6) is 0.662. The number of nitriles is 1. The minimum absolute atomic E-state index is 0.0713. The van der Waals surface area contributed by atoms with Gasteiger partial charge < -0.3 is 5.11 Å². The SMILES string of the molecule is Cn1c(=O)n(CC2CC2)c2ccc(-c3cc(O)ccc3C#N)nc21. The predicted molar refractivity (Wildman–Crippen MR) is 89.5 cm³/mol. The number of phenols is 1. The molecule has 2 aromatic heterocycles. The number of aromatic hydroxyl groups is 1.